The highest BCUT2D eigenvalue weighted by Gasteiger charge is 2.31. The zero-order valence-corrected chi connectivity index (χ0v) is 15.2. The number of benzene rings is 1. The van der Waals surface area contributed by atoms with Gasteiger partial charge in [-0.1, -0.05) is 30.3 Å². The van der Waals surface area contributed by atoms with E-state index in [9.17, 15) is 9.59 Å². The highest BCUT2D eigenvalue weighted by atomic mass is 32.1. The fraction of sp³-hybridized carbons (Fsp3) is 0.368. The van der Waals surface area contributed by atoms with Gasteiger partial charge in [-0.25, -0.2) is 4.79 Å². The highest BCUT2D eigenvalue weighted by Crippen LogP contribution is 2.33. The summed E-state index contributed by atoms with van der Waals surface area (Å²) in [7, 11) is 0. The fourth-order valence-electron chi connectivity index (χ4n) is 3.06. The van der Waals surface area contributed by atoms with Gasteiger partial charge < -0.3 is 15.0 Å². The Hall–Kier alpha value is -2.34. The summed E-state index contributed by atoms with van der Waals surface area (Å²) in [6.07, 6.45) is 0.291. The van der Waals surface area contributed by atoms with Crippen LogP contribution in [0.15, 0.2) is 41.8 Å². The number of ether oxygens (including phenoxy) is 1. The van der Waals surface area contributed by atoms with Crippen LogP contribution in [0.1, 0.15) is 35.9 Å². The molecule has 0 radical (unpaired) electrons. The molecule has 0 aliphatic carbocycles. The molecule has 2 aromatic rings. The van der Waals surface area contributed by atoms with Crippen LogP contribution in [0.25, 0.3) is 0 Å². The van der Waals surface area contributed by atoms with Crippen LogP contribution in [0.4, 0.5) is 4.79 Å². The molecule has 0 bridgehead atoms. The van der Waals surface area contributed by atoms with Crippen LogP contribution in [0.3, 0.4) is 0 Å². The van der Waals surface area contributed by atoms with Crippen molar-refractivity contribution in [2.24, 2.45) is 0 Å². The Morgan fingerprint density at radius 1 is 1.32 bits per heavy atom. The van der Waals surface area contributed by atoms with E-state index in [4.69, 9.17) is 4.74 Å². The summed E-state index contributed by atoms with van der Waals surface area (Å²) in [5, 5.41) is 4.70. The van der Waals surface area contributed by atoms with Gasteiger partial charge in [0.2, 0.25) is 5.91 Å². The smallest absolute Gasteiger partial charge is 0.408 e. The first kappa shape index (κ1) is 17.5. The van der Waals surface area contributed by atoms with Crippen molar-refractivity contribution in [2.75, 3.05) is 6.54 Å². The third-order valence-corrected chi connectivity index (χ3v) is 5.47. The zero-order valence-electron chi connectivity index (χ0n) is 14.4. The molecule has 1 aliphatic rings. The Morgan fingerprint density at radius 3 is 2.84 bits per heavy atom. The van der Waals surface area contributed by atoms with Gasteiger partial charge in [-0.05, 0) is 42.8 Å². The number of hydrogen-bond acceptors (Lipinski definition) is 4. The summed E-state index contributed by atoms with van der Waals surface area (Å²) in [4.78, 5) is 27.8. The molecule has 25 heavy (non-hydrogen) atoms. The maximum absolute atomic E-state index is 12.7. The molecule has 3 rings (SSSR count). The van der Waals surface area contributed by atoms with Gasteiger partial charge in [0.05, 0.1) is 6.04 Å². The summed E-state index contributed by atoms with van der Waals surface area (Å²) < 4.78 is 5.19. The van der Waals surface area contributed by atoms with Crippen molar-refractivity contribution in [3.63, 3.8) is 0 Å². The van der Waals surface area contributed by atoms with Crippen LogP contribution in [0, 0.1) is 0 Å². The molecular formula is C19H22N2O3S. The first-order chi connectivity index (χ1) is 12.1. The average Bonchev–Trinajstić information content (AvgIpc) is 3.10. The van der Waals surface area contributed by atoms with Crippen LogP contribution < -0.4 is 5.32 Å². The molecule has 0 spiro atoms. The molecule has 0 fully saturated rings. The minimum atomic E-state index is -0.620. The molecule has 2 heterocycles. The maximum Gasteiger partial charge on any atom is 0.408 e. The number of thiophene rings is 1. The molecule has 6 heteroatoms. The number of fused-ring (bicyclic) bond motifs is 1. The Balaban J connectivity index is 1.53. The van der Waals surface area contributed by atoms with Crippen LogP contribution >= 0.6 is 11.3 Å². The number of alkyl carbamates (subject to hydrolysis) is 1. The molecule has 132 valence electrons. The lowest BCUT2D eigenvalue weighted by Crippen LogP contribution is -2.49. The molecule has 1 aromatic carbocycles. The van der Waals surface area contributed by atoms with Crippen LogP contribution in [-0.2, 0) is 22.6 Å². The van der Waals surface area contributed by atoms with Crippen molar-refractivity contribution in [3.05, 3.63) is 57.8 Å². The van der Waals surface area contributed by atoms with Crippen molar-refractivity contribution < 1.29 is 14.3 Å². The second-order valence-corrected chi connectivity index (χ2v) is 7.19. The topological polar surface area (TPSA) is 58.6 Å². The lowest BCUT2D eigenvalue weighted by atomic mass is 10.0. The molecule has 0 saturated heterocycles. The summed E-state index contributed by atoms with van der Waals surface area (Å²) in [5.41, 5.74) is 2.12. The largest absolute Gasteiger partial charge is 0.445 e. The monoisotopic (exact) mass is 358 g/mol. The minimum Gasteiger partial charge on any atom is -0.445 e. The van der Waals surface area contributed by atoms with E-state index in [-0.39, 0.29) is 18.6 Å². The first-order valence-corrected chi connectivity index (χ1v) is 9.28. The lowest BCUT2D eigenvalue weighted by Gasteiger charge is -2.35. The van der Waals surface area contributed by atoms with Gasteiger partial charge in [0, 0.05) is 11.4 Å². The van der Waals surface area contributed by atoms with Gasteiger partial charge >= 0.3 is 6.09 Å². The highest BCUT2D eigenvalue weighted by molar-refractivity contribution is 7.10. The quantitative estimate of drug-likeness (QED) is 0.910. The van der Waals surface area contributed by atoms with Gasteiger partial charge in [-0.3, -0.25) is 4.79 Å². The molecule has 0 saturated carbocycles. The number of carbonyl (C=O) groups is 2. The molecule has 5 nitrogen and oxygen atoms in total. The van der Waals surface area contributed by atoms with E-state index in [2.05, 4.69) is 16.8 Å². The van der Waals surface area contributed by atoms with Crippen molar-refractivity contribution in [1.82, 2.24) is 10.2 Å². The summed E-state index contributed by atoms with van der Waals surface area (Å²) >= 11 is 1.74. The number of amides is 2. The number of carbonyl (C=O) groups excluding carboxylic acids is 2. The second kappa shape index (κ2) is 7.70. The zero-order chi connectivity index (χ0) is 17.8. The fourth-order valence-corrected chi connectivity index (χ4v) is 4.03. The van der Waals surface area contributed by atoms with Crippen LogP contribution in [0.5, 0.6) is 0 Å². The lowest BCUT2D eigenvalue weighted by molar-refractivity contribution is -0.135. The van der Waals surface area contributed by atoms with E-state index in [0.29, 0.717) is 6.54 Å². The van der Waals surface area contributed by atoms with Crippen molar-refractivity contribution >= 4 is 23.3 Å². The summed E-state index contributed by atoms with van der Waals surface area (Å²) in [5.74, 6) is -0.0824. The van der Waals surface area contributed by atoms with Gasteiger partial charge in [-0.15, -0.1) is 11.3 Å². The second-order valence-electron chi connectivity index (χ2n) is 6.18. The number of rotatable bonds is 4. The van der Waals surface area contributed by atoms with Crippen molar-refractivity contribution in [2.45, 2.75) is 39.0 Å². The summed E-state index contributed by atoms with van der Waals surface area (Å²) in [6.45, 7) is 4.59. The normalized spacial score (nSPS) is 17.5. The van der Waals surface area contributed by atoms with Crippen LogP contribution in [-0.4, -0.2) is 29.5 Å². The minimum absolute atomic E-state index is 0.0343. The standard InChI is InChI=1S/C19H22N2O3S/c1-13(20-19(23)24-12-15-6-4-3-5-7-15)18(22)21-10-8-17-16(14(21)2)9-11-25-17/h3-7,9,11,13-14H,8,10,12H2,1-2H3,(H,20,23)/t13-,14+/m0/s1. The van der Waals surface area contributed by atoms with E-state index in [1.165, 1.54) is 10.4 Å². The van der Waals surface area contributed by atoms with E-state index >= 15 is 0 Å². The van der Waals surface area contributed by atoms with E-state index in [0.717, 1.165) is 12.0 Å². The first-order valence-electron chi connectivity index (χ1n) is 8.40. The third-order valence-electron chi connectivity index (χ3n) is 4.48. The Morgan fingerprint density at radius 2 is 2.08 bits per heavy atom. The molecule has 2 amide bonds. The molecule has 0 unspecified atom stereocenters. The van der Waals surface area contributed by atoms with E-state index in [1.54, 1.807) is 18.3 Å². The number of nitrogens with one attached hydrogen (secondary N) is 1. The Bertz CT molecular complexity index is 744. The predicted molar refractivity (Wildman–Crippen MR) is 97.4 cm³/mol. The molecular weight excluding hydrogens is 336 g/mol. The van der Waals surface area contributed by atoms with Gasteiger partial charge in [0.15, 0.2) is 0 Å². The maximum atomic E-state index is 12.7. The van der Waals surface area contributed by atoms with Gasteiger partial charge in [-0.2, -0.15) is 0 Å². The van der Waals surface area contributed by atoms with Crippen molar-refractivity contribution in [1.29, 1.82) is 0 Å². The van der Waals surface area contributed by atoms with Gasteiger partial charge in [0.25, 0.3) is 0 Å². The van der Waals surface area contributed by atoms with E-state index < -0.39 is 12.1 Å². The molecule has 2 atom stereocenters. The molecule has 1 aliphatic heterocycles. The summed E-state index contributed by atoms with van der Waals surface area (Å²) in [6, 6.07) is 10.9. The Labute approximate surface area is 151 Å². The molecule has 1 aromatic heterocycles. The van der Waals surface area contributed by atoms with E-state index in [1.807, 2.05) is 42.2 Å². The average molecular weight is 358 g/mol. The SMILES string of the molecule is C[C@H](NC(=O)OCc1ccccc1)C(=O)N1CCc2sccc2[C@H]1C. The number of hydrogen-bond donors (Lipinski definition) is 1. The third kappa shape index (κ3) is 4.02. The predicted octanol–water partition coefficient (Wildman–Crippen LogP) is 3.51. The van der Waals surface area contributed by atoms with Gasteiger partial charge in [0.1, 0.15) is 12.6 Å². The Kier molecular flexibility index (Phi) is 5.38. The number of nitrogens with zero attached hydrogens (tertiary/aromatic N) is 1. The van der Waals surface area contributed by atoms with Crippen molar-refractivity contribution in [3.8, 4) is 0 Å². The molecule has 1 N–H and O–H groups in total. The van der Waals surface area contributed by atoms with Crippen LogP contribution in [0.2, 0.25) is 0 Å².